The first kappa shape index (κ1) is 10.3. The molecular formula is C11H18O2. The Hall–Kier alpha value is -0.790. The number of rotatable bonds is 1. The van der Waals surface area contributed by atoms with E-state index in [4.69, 9.17) is 4.74 Å². The van der Waals surface area contributed by atoms with Gasteiger partial charge in [0.15, 0.2) is 0 Å². The second-order valence-corrected chi connectivity index (χ2v) is 4.48. The summed E-state index contributed by atoms with van der Waals surface area (Å²) >= 11 is 0. The molecule has 74 valence electrons. The Kier molecular flexibility index (Phi) is 2.51. The van der Waals surface area contributed by atoms with Gasteiger partial charge in [-0.25, -0.2) is 0 Å². The van der Waals surface area contributed by atoms with Gasteiger partial charge in [-0.15, -0.1) is 0 Å². The molecule has 0 spiro atoms. The number of carbonyl (C=O) groups is 1. The smallest absolute Gasteiger partial charge is 0.312 e. The molecule has 0 saturated carbocycles. The summed E-state index contributed by atoms with van der Waals surface area (Å²) in [5.41, 5.74) is -0.362. The van der Waals surface area contributed by atoms with E-state index in [1.165, 1.54) is 0 Å². The van der Waals surface area contributed by atoms with Gasteiger partial charge in [0.1, 0.15) is 6.10 Å². The third kappa shape index (κ3) is 1.50. The monoisotopic (exact) mass is 182 g/mol. The van der Waals surface area contributed by atoms with E-state index in [9.17, 15) is 4.79 Å². The van der Waals surface area contributed by atoms with Crippen molar-refractivity contribution in [3.8, 4) is 0 Å². The minimum atomic E-state index is -0.362. The van der Waals surface area contributed by atoms with E-state index in [2.05, 4.69) is 20.4 Å². The SMILES string of the molecule is C=CC1OC(=O)C(C)(C)C(C)C1C. The van der Waals surface area contributed by atoms with Crippen LogP contribution in [-0.2, 0) is 9.53 Å². The van der Waals surface area contributed by atoms with Gasteiger partial charge in [-0.1, -0.05) is 26.5 Å². The van der Waals surface area contributed by atoms with Crippen LogP contribution in [0.2, 0.25) is 0 Å². The first-order chi connectivity index (χ1) is 5.91. The van der Waals surface area contributed by atoms with Crippen LogP contribution in [0.15, 0.2) is 12.7 Å². The van der Waals surface area contributed by atoms with Crippen molar-refractivity contribution in [3.63, 3.8) is 0 Å². The van der Waals surface area contributed by atoms with Crippen LogP contribution >= 0.6 is 0 Å². The van der Waals surface area contributed by atoms with Gasteiger partial charge in [-0.3, -0.25) is 4.79 Å². The number of cyclic esters (lactones) is 1. The van der Waals surface area contributed by atoms with E-state index in [1.807, 2.05) is 13.8 Å². The molecule has 13 heavy (non-hydrogen) atoms. The quantitative estimate of drug-likeness (QED) is 0.460. The second-order valence-electron chi connectivity index (χ2n) is 4.48. The highest BCUT2D eigenvalue weighted by molar-refractivity contribution is 5.77. The van der Waals surface area contributed by atoms with E-state index in [0.717, 1.165) is 0 Å². The van der Waals surface area contributed by atoms with Crippen molar-refractivity contribution in [2.24, 2.45) is 17.3 Å². The van der Waals surface area contributed by atoms with Crippen molar-refractivity contribution in [1.29, 1.82) is 0 Å². The van der Waals surface area contributed by atoms with Gasteiger partial charge in [-0.05, 0) is 19.8 Å². The number of esters is 1. The topological polar surface area (TPSA) is 26.3 Å². The average Bonchev–Trinajstić information content (AvgIpc) is 2.09. The Balaban J connectivity index is 2.91. The zero-order valence-electron chi connectivity index (χ0n) is 8.83. The predicted molar refractivity (Wildman–Crippen MR) is 52.2 cm³/mol. The maximum Gasteiger partial charge on any atom is 0.312 e. The van der Waals surface area contributed by atoms with Gasteiger partial charge in [0.05, 0.1) is 5.41 Å². The molecule has 0 N–H and O–H groups in total. The Morgan fingerprint density at radius 2 is 2.00 bits per heavy atom. The summed E-state index contributed by atoms with van der Waals surface area (Å²) in [5, 5.41) is 0. The molecule has 0 radical (unpaired) electrons. The second kappa shape index (κ2) is 3.17. The summed E-state index contributed by atoms with van der Waals surface area (Å²) in [6.45, 7) is 11.8. The van der Waals surface area contributed by atoms with Gasteiger partial charge in [0.25, 0.3) is 0 Å². The van der Waals surface area contributed by atoms with Crippen LogP contribution in [0, 0.1) is 17.3 Å². The molecule has 1 heterocycles. The summed E-state index contributed by atoms with van der Waals surface area (Å²) in [6, 6.07) is 0. The number of ether oxygens (including phenoxy) is 1. The van der Waals surface area contributed by atoms with Crippen molar-refractivity contribution in [3.05, 3.63) is 12.7 Å². The molecule has 1 aliphatic heterocycles. The molecule has 3 unspecified atom stereocenters. The van der Waals surface area contributed by atoms with Gasteiger partial charge in [0.2, 0.25) is 0 Å². The van der Waals surface area contributed by atoms with Crippen molar-refractivity contribution >= 4 is 5.97 Å². The number of carbonyl (C=O) groups excluding carboxylic acids is 1. The van der Waals surface area contributed by atoms with Crippen LogP contribution < -0.4 is 0 Å². The van der Waals surface area contributed by atoms with Crippen LogP contribution in [-0.4, -0.2) is 12.1 Å². The van der Waals surface area contributed by atoms with Crippen molar-refractivity contribution < 1.29 is 9.53 Å². The van der Waals surface area contributed by atoms with E-state index < -0.39 is 0 Å². The first-order valence-electron chi connectivity index (χ1n) is 4.75. The fourth-order valence-electron chi connectivity index (χ4n) is 1.77. The van der Waals surface area contributed by atoms with Crippen molar-refractivity contribution in [2.45, 2.75) is 33.8 Å². The molecule has 0 aromatic rings. The maximum absolute atomic E-state index is 11.6. The highest BCUT2D eigenvalue weighted by Gasteiger charge is 2.45. The third-order valence-electron chi connectivity index (χ3n) is 3.45. The maximum atomic E-state index is 11.6. The molecule has 3 atom stereocenters. The van der Waals surface area contributed by atoms with Gasteiger partial charge >= 0.3 is 5.97 Å². The van der Waals surface area contributed by atoms with Gasteiger partial charge in [-0.2, -0.15) is 0 Å². The van der Waals surface area contributed by atoms with E-state index in [1.54, 1.807) is 6.08 Å². The zero-order valence-corrected chi connectivity index (χ0v) is 8.83. The third-order valence-corrected chi connectivity index (χ3v) is 3.45. The highest BCUT2D eigenvalue weighted by Crippen LogP contribution is 2.40. The molecule has 1 saturated heterocycles. The number of hydrogen-bond acceptors (Lipinski definition) is 2. The van der Waals surface area contributed by atoms with Crippen molar-refractivity contribution in [2.75, 3.05) is 0 Å². The molecule has 1 fully saturated rings. The molecule has 0 bridgehead atoms. The zero-order chi connectivity index (χ0) is 10.2. The molecule has 2 heteroatoms. The molecule has 0 aromatic carbocycles. The van der Waals surface area contributed by atoms with Crippen LogP contribution in [0.5, 0.6) is 0 Å². The summed E-state index contributed by atoms with van der Waals surface area (Å²) < 4.78 is 5.28. The lowest BCUT2D eigenvalue weighted by atomic mass is 9.70. The lowest BCUT2D eigenvalue weighted by Crippen LogP contribution is -2.47. The summed E-state index contributed by atoms with van der Waals surface area (Å²) in [7, 11) is 0. The predicted octanol–water partition coefficient (Wildman–Crippen LogP) is 2.40. The molecule has 0 aromatic heterocycles. The molecule has 0 amide bonds. The van der Waals surface area contributed by atoms with Crippen LogP contribution in [0.3, 0.4) is 0 Å². The van der Waals surface area contributed by atoms with E-state index >= 15 is 0 Å². The summed E-state index contributed by atoms with van der Waals surface area (Å²) in [6.07, 6.45) is 1.60. The Labute approximate surface area is 80.0 Å². The lowest BCUT2D eigenvalue weighted by molar-refractivity contribution is -0.176. The Morgan fingerprint density at radius 3 is 2.46 bits per heavy atom. The van der Waals surface area contributed by atoms with Crippen LogP contribution in [0.4, 0.5) is 0 Å². The Bertz CT molecular complexity index is 230. The lowest BCUT2D eigenvalue weighted by Gasteiger charge is -2.42. The van der Waals surface area contributed by atoms with E-state index in [0.29, 0.717) is 11.8 Å². The first-order valence-corrected chi connectivity index (χ1v) is 4.75. The number of hydrogen-bond donors (Lipinski definition) is 0. The Morgan fingerprint density at radius 1 is 1.46 bits per heavy atom. The molecule has 1 aliphatic rings. The van der Waals surface area contributed by atoms with Crippen LogP contribution in [0.1, 0.15) is 27.7 Å². The molecule has 0 aliphatic carbocycles. The summed E-state index contributed by atoms with van der Waals surface area (Å²) in [4.78, 5) is 11.6. The fourth-order valence-corrected chi connectivity index (χ4v) is 1.77. The van der Waals surface area contributed by atoms with Gasteiger partial charge in [0, 0.05) is 5.92 Å². The van der Waals surface area contributed by atoms with Crippen molar-refractivity contribution in [1.82, 2.24) is 0 Å². The summed E-state index contributed by atoms with van der Waals surface area (Å²) in [5.74, 6) is 0.574. The van der Waals surface area contributed by atoms with Gasteiger partial charge < -0.3 is 4.74 Å². The standard InChI is InChI=1S/C11H18O2/c1-6-9-7(2)8(3)11(4,5)10(12)13-9/h6-9H,1H2,2-5H3. The largest absolute Gasteiger partial charge is 0.457 e. The van der Waals surface area contributed by atoms with E-state index in [-0.39, 0.29) is 17.5 Å². The minimum absolute atomic E-state index is 0.108. The molecule has 1 rings (SSSR count). The molecular weight excluding hydrogens is 164 g/mol. The normalized spacial score (nSPS) is 38.2. The van der Waals surface area contributed by atoms with Crippen LogP contribution in [0.25, 0.3) is 0 Å². The highest BCUT2D eigenvalue weighted by atomic mass is 16.5. The minimum Gasteiger partial charge on any atom is -0.457 e. The molecule has 2 nitrogen and oxygen atoms in total. The fraction of sp³-hybridized carbons (Fsp3) is 0.727. The average molecular weight is 182 g/mol.